The highest BCUT2D eigenvalue weighted by Gasteiger charge is 2.32. The lowest BCUT2D eigenvalue weighted by Crippen LogP contribution is -2.48. The molecule has 1 aliphatic rings. The maximum atomic E-state index is 12.3. The number of thiazole rings is 1. The smallest absolute Gasteiger partial charge is 0.267 e. The summed E-state index contributed by atoms with van der Waals surface area (Å²) in [6.07, 6.45) is 1.52. The van der Waals surface area contributed by atoms with Gasteiger partial charge in [-0.2, -0.15) is 0 Å². The number of β-amino-alcohol motifs (C(OH)–C–C–N with tert-alkyl or cyclic N) is 1. The van der Waals surface area contributed by atoms with Crippen molar-refractivity contribution in [2.75, 3.05) is 31.2 Å². The Labute approximate surface area is 110 Å². The van der Waals surface area contributed by atoms with E-state index in [1.54, 1.807) is 18.9 Å². The van der Waals surface area contributed by atoms with Gasteiger partial charge >= 0.3 is 0 Å². The molecule has 1 fully saturated rings. The van der Waals surface area contributed by atoms with Gasteiger partial charge in [-0.3, -0.25) is 4.79 Å². The van der Waals surface area contributed by atoms with E-state index in [0.29, 0.717) is 23.1 Å². The minimum atomic E-state index is -0.806. The predicted octanol–water partition coefficient (Wildman–Crippen LogP) is 0.754. The Kier molecular flexibility index (Phi) is 3.45. The van der Waals surface area contributed by atoms with Gasteiger partial charge in [0, 0.05) is 20.1 Å². The van der Waals surface area contributed by atoms with Gasteiger partial charge < -0.3 is 21.1 Å². The summed E-state index contributed by atoms with van der Waals surface area (Å²) in [4.78, 5) is 18.5. The number of hydrogen-bond acceptors (Lipinski definition) is 6. The molecule has 100 valence electrons. The van der Waals surface area contributed by atoms with Crippen molar-refractivity contribution >= 4 is 28.2 Å². The maximum absolute atomic E-state index is 12.3. The summed E-state index contributed by atoms with van der Waals surface area (Å²) in [5.74, 6) is 0.103. The third-order valence-electron chi connectivity index (χ3n) is 3.02. The molecule has 0 aromatic carbocycles. The van der Waals surface area contributed by atoms with Crippen molar-refractivity contribution in [3.63, 3.8) is 0 Å². The molecule has 2 rings (SSSR count). The molecule has 2 heterocycles. The highest BCUT2D eigenvalue weighted by molar-refractivity contribution is 7.18. The van der Waals surface area contributed by atoms with Gasteiger partial charge in [0.05, 0.1) is 5.60 Å². The van der Waals surface area contributed by atoms with Crippen LogP contribution in [0.15, 0.2) is 0 Å². The van der Waals surface area contributed by atoms with Gasteiger partial charge in [0.15, 0.2) is 5.13 Å². The summed E-state index contributed by atoms with van der Waals surface area (Å²) in [7, 11) is 1.73. The first-order valence-corrected chi connectivity index (χ1v) is 6.70. The van der Waals surface area contributed by atoms with Crippen molar-refractivity contribution in [3.8, 4) is 0 Å². The molecule has 1 aromatic rings. The quantitative estimate of drug-likeness (QED) is 0.738. The van der Waals surface area contributed by atoms with Crippen LogP contribution in [0.2, 0.25) is 0 Å². The van der Waals surface area contributed by atoms with E-state index in [1.165, 1.54) is 11.3 Å². The summed E-state index contributed by atoms with van der Waals surface area (Å²) in [5, 5.41) is 13.5. The van der Waals surface area contributed by atoms with Gasteiger partial charge in [0.25, 0.3) is 5.91 Å². The van der Waals surface area contributed by atoms with Crippen molar-refractivity contribution < 1.29 is 9.90 Å². The molecule has 1 unspecified atom stereocenters. The largest absolute Gasteiger partial charge is 0.388 e. The molecule has 4 N–H and O–H groups in total. The summed E-state index contributed by atoms with van der Waals surface area (Å²) in [5.41, 5.74) is 4.94. The zero-order valence-corrected chi connectivity index (χ0v) is 11.4. The minimum absolute atomic E-state index is 0.147. The lowest BCUT2D eigenvalue weighted by atomic mass is 9.95. The monoisotopic (exact) mass is 270 g/mol. The molecule has 1 saturated heterocycles. The number of piperidine rings is 1. The van der Waals surface area contributed by atoms with Crippen LogP contribution in [0.3, 0.4) is 0 Å². The van der Waals surface area contributed by atoms with Gasteiger partial charge in [-0.15, -0.1) is 0 Å². The lowest BCUT2D eigenvalue weighted by Gasteiger charge is -2.36. The SMILES string of the molecule is CNc1nc(N)c(C(=O)N2CCCC(C)(O)C2)s1. The lowest BCUT2D eigenvalue weighted by molar-refractivity contribution is -0.0105. The van der Waals surface area contributed by atoms with E-state index < -0.39 is 5.60 Å². The van der Waals surface area contributed by atoms with Crippen molar-refractivity contribution in [2.45, 2.75) is 25.4 Å². The molecule has 1 aromatic heterocycles. The van der Waals surface area contributed by atoms with Crippen molar-refractivity contribution in [1.82, 2.24) is 9.88 Å². The van der Waals surface area contributed by atoms with Crippen molar-refractivity contribution in [3.05, 3.63) is 4.88 Å². The number of hydrogen-bond donors (Lipinski definition) is 3. The number of anilines is 2. The number of nitrogens with two attached hydrogens (primary N) is 1. The fourth-order valence-corrected chi connectivity index (χ4v) is 2.94. The predicted molar refractivity (Wildman–Crippen MR) is 71.8 cm³/mol. The van der Waals surface area contributed by atoms with E-state index in [0.717, 1.165) is 12.8 Å². The first-order chi connectivity index (χ1) is 8.43. The Morgan fingerprint density at radius 1 is 1.67 bits per heavy atom. The van der Waals surface area contributed by atoms with E-state index in [4.69, 9.17) is 5.73 Å². The fraction of sp³-hybridized carbons (Fsp3) is 0.636. The molecule has 1 amide bonds. The van der Waals surface area contributed by atoms with Gasteiger partial charge in [-0.25, -0.2) is 4.98 Å². The summed E-state index contributed by atoms with van der Waals surface area (Å²) in [6.45, 7) is 2.75. The van der Waals surface area contributed by atoms with Crippen LogP contribution >= 0.6 is 11.3 Å². The number of amides is 1. The molecule has 0 saturated carbocycles. The minimum Gasteiger partial charge on any atom is -0.388 e. The third-order valence-corrected chi connectivity index (χ3v) is 4.10. The highest BCUT2D eigenvalue weighted by Crippen LogP contribution is 2.28. The van der Waals surface area contributed by atoms with Crippen LogP contribution < -0.4 is 11.1 Å². The Morgan fingerprint density at radius 2 is 2.39 bits per heavy atom. The average Bonchev–Trinajstić information content (AvgIpc) is 2.68. The Hall–Kier alpha value is -1.34. The normalized spacial score (nSPS) is 24.1. The molecule has 0 radical (unpaired) electrons. The summed E-state index contributed by atoms with van der Waals surface area (Å²) >= 11 is 1.24. The van der Waals surface area contributed by atoms with Crippen LogP contribution in [0.1, 0.15) is 29.4 Å². The van der Waals surface area contributed by atoms with Gasteiger partial charge in [-0.1, -0.05) is 11.3 Å². The zero-order valence-electron chi connectivity index (χ0n) is 10.6. The van der Waals surface area contributed by atoms with E-state index >= 15 is 0 Å². The van der Waals surface area contributed by atoms with Crippen LogP contribution in [0, 0.1) is 0 Å². The molecule has 7 heteroatoms. The van der Waals surface area contributed by atoms with Crippen molar-refractivity contribution in [2.24, 2.45) is 0 Å². The zero-order chi connectivity index (χ0) is 13.3. The average molecular weight is 270 g/mol. The van der Waals surface area contributed by atoms with Crippen LogP contribution in [0.25, 0.3) is 0 Å². The Balaban J connectivity index is 2.17. The van der Waals surface area contributed by atoms with E-state index in [1.807, 2.05) is 0 Å². The molecule has 0 spiro atoms. The summed E-state index contributed by atoms with van der Waals surface area (Å²) < 4.78 is 0. The van der Waals surface area contributed by atoms with E-state index in [-0.39, 0.29) is 11.7 Å². The number of rotatable bonds is 2. The van der Waals surface area contributed by atoms with Gasteiger partial charge in [0.2, 0.25) is 0 Å². The number of likely N-dealkylation sites (tertiary alicyclic amines) is 1. The number of carbonyl (C=O) groups excluding carboxylic acids is 1. The molecule has 1 atom stereocenters. The topological polar surface area (TPSA) is 91.5 Å². The Morgan fingerprint density at radius 3 is 2.94 bits per heavy atom. The molecule has 6 nitrogen and oxygen atoms in total. The van der Waals surface area contributed by atoms with Crippen molar-refractivity contribution in [1.29, 1.82) is 0 Å². The van der Waals surface area contributed by atoms with Crippen LogP contribution in [-0.2, 0) is 0 Å². The number of carbonyl (C=O) groups is 1. The number of aromatic nitrogens is 1. The second kappa shape index (κ2) is 4.74. The molecular formula is C11H18N4O2S. The van der Waals surface area contributed by atoms with Crippen LogP contribution in [0.4, 0.5) is 10.9 Å². The number of aliphatic hydroxyl groups is 1. The van der Waals surface area contributed by atoms with Crippen LogP contribution in [-0.4, -0.2) is 46.6 Å². The molecule has 0 bridgehead atoms. The molecule has 1 aliphatic heterocycles. The second-order valence-electron chi connectivity index (χ2n) is 4.81. The first kappa shape index (κ1) is 13.1. The maximum Gasteiger partial charge on any atom is 0.267 e. The van der Waals surface area contributed by atoms with Gasteiger partial charge in [-0.05, 0) is 19.8 Å². The molecule has 18 heavy (non-hydrogen) atoms. The molecular weight excluding hydrogens is 252 g/mol. The Bertz CT molecular complexity index is 458. The second-order valence-corrected chi connectivity index (χ2v) is 5.81. The molecule has 0 aliphatic carbocycles. The number of nitrogens with zero attached hydrogens (tertiary/aromatic N) is 2. The van der Waals surface area contributed by atoms with E-state index in [2.05, 4.69) is 10.3 Å². The van der Waals surface area contributed by atoms with Gasteiger partial charge in [0.1, 0.15) is 10.7 Å². The van der Waals surface area contributed by atoms with Crippen LogP contribution in [0.5, 0.6) is 0 Å². The number of nitrogens with one attached hydrogen (secondary N) is 1. The summed E-state index contributed by atoms with van der Waals surface area (Å²) in [6, 6.07) is 0. The van der Waals surface area contributed by atoms with E-state index in [9.17, 15) is 9.90 Å². The first-order valence-electron chi connectivity index (χ1n) is 5.89. The highest BCUT2D eigenvalue weighted by atomic mass is 32.1. The fourth-order valence-electron chi connectivity index (χ4n) is 2.13. The number of nitrogen functional groups attached to an aromatic ring is 1. The standard InChI is InChI=1S/C11H18N4O2S/c1-11(17)4-3-5-15(6-11)9(16)7-8(12)14-10(13-2)18-7/h17H,3-6,12H2,1-2H3,(H,13,14). The third kappa shape index (κ3) is 2.56.